The third-order valence-electron chi connectivity index (χ3n) is 1.40. The van der Waals surface area contributed by atoms with E-state index < -0.39 is 10.5 Å². The van der Waals surface area contributed by atoms with Crippen LogP contribution in [0, 0.1) is 0 Å². The molecule has 1 atom stereocenters. The summed E-state index contributed by atoms with van der Waals surface area (Å²) >= 11 is 0. The molecule has 0 heterocycles. The van der Waals surface area contributed by atoms with Gasteiger partial charge in [0.2, 0.25) is 0 Å². The van der Waals surface area contributed by atoms with Crippen LogP contribution in [0.25, 0.3) is 0 Å². The summed E-state index contributed by atoms with van der Waals surface area (Å²) in [5.74, 6) is 1.78. The van der Waals surface area contributed by atoms with Crippen LogP contribution in [-0.2, 0) is 0 Å². The van der Waals surface area contributed by atoms with Crippen molar-refractivity contribution < 1.29 is 4.55 Å². The van der Waals surface area contributed by atoms with Gasteiger partial charge in [-0.05, 0) is 13.5 Å². The summed E-state index contributed by atoms with van der Waals surface area (Å²) in [5, 5.41) is 0. The highest BCUT2D eigenvalue weighted by atomic mass is 32.3. The van der Waals surface area contributed by atoms with Gasteiger partial charge in [-0.1, -0.05) is 38.2 Å². The maximum absolute atomic E-state index is 9.60. The lowest BCUT2D eigenvalue weighted by Gasteiger charge is -2.31. The monoisotopic (exact) mass is 181 g/mol. The van der Waals surface area contributed by atoms with E-state index in [2.05, 4.69) is 11.6 Å². The minimum atomic E-state index is -1.41. The lowest BCUT2D eigenvalue weighted by molar-refractivity contribution is 0.613. The Morgan fingerprint density at radius 3 is 1.82 bits per heavy atom. The summed E-state index contributed by atoms with van der Waals surface area (Å²) in [7, 11) is 0.413. The average Bonchev–Trinajstić information content (AvgIpc) is 2.08. The van der Waals surface area contributed by atoms with Crippen LogP contribution in [0.4, 0.5) is 0 Å². The highest BCUT2D eigenvalue weighted by Gasteiger charge is 2.12. The molecule has 0 saturated carbocycles. The Morgan fingerprint density at radius 2 is 1.73 bits per heavy atom. The Labute approximate surface area is 73.0 Å². The largest absolute Gasteiger partial charge is 0.338 e. The molecule has 0 amide bonds. The number of rotatable bonds is 4. The maximum atomic E-state index is 9.60. The van der Waals surface area contributed by atoms with Crippen molar-refractivity contribution >= 4 is 10.5 Å². The second kappa shape index (κ2) is 8.37. The third kappa shape index (κ3) is 6.66. The topological polar surface area (TPSA) is 32.3 Å². The molecule has 0 fully saturated rings. The van der Waals surface area contributed by atoms with Gasteiger partial charge in [0, 0.05) is 11.5 Å². The molecule has 0 aliphatic heterocycles. The molecule has 72 valence electrons. The predicted octanol–water partition coefficient (Wildman–Crippen LogP) is 2.85. The van der Waals surface area contributed by atoms with Gasteiger partial charge in [0.05, 0.1) is 0 Å². The van der Waals surface area contributed by atoms with Crippen molar-refractivity contribution in [1.82, 2.24) is 4.72 Å². The molecule has 0 aliphatic carbocycles. The summed E-state index contributed by atoms with van der Waals surface area (Å²) < 4.78 is 12.6. The fraction of sp³-hybridized carbons (Fsp3) is 1.00. The zero-order chi connectivity index (χ0) is 9.33. The van der Waals surface area contributed by atoms with Crippen molar-refractivity contribution in [2.75, 3.05) is 18.6 Å². The molecule has 0 aromatic heterocycles. The molecule has 0 aliphatic rings. The molecule has 1 unspecified atom stereocenters. The van der Waals surface area contributed by atoms with Gasteiger partial charge in [-0.25, -0.2) is 0 Å². The molecule has 2 nitrogen and oxygen atoms in total. The first-order chi connectivity index (χ1) is 5.18. The van der Waals surface area contributed by atoms with Crippen molar-refractivity contribution in [3.63, 3.8) is 0 Å². The Hall–Kier alpha value is 0.270. The molecule has 11 heavy (non-hydrogen) atoms. The molecule has 0 aromatic rings. The molecular weight excluding hydrogens is 158 g/mol. The molecule has 0 saturated heterocycles. The predicted molar refractivity (Wildman–Crippen MR) is 56.3 cm³/mol. The minimum Gasteiger partial charge on any atom is -0.338 e. The summed E-state index contributed by atoms with van der Waals surface area (Å²) in [6, 6.07) is 0. The van der Waals surface area contributed by atoms with Crippen molar-refractivity contribution in [3.05, 3.63) is 0 Å². The van der Waals surface area contributed by atoms with Crippen LogP contribution in [0.5, 0.6) is 0 Å². The van der Waals surface area contributed by atoms with Crippen LogP contribution in [-0.4, -0.2) is 23.1 Å². The number of nitrogens with one attached hydrogen (secondary N) is 1. The summed E-state index contributed by atoms with van der Waals surface area (Å²) in [4.78, 5) is 0. The summed E-state index contributed by atoms with van der Waals surface area (Å²) in [5.41, 5.74) is 0. The standard InChI is InChI=1S/C6H17NOS.C2H6/c1-4-6-9(8,5-2)7-3;1-2/h7-8H,4-6H2,1-3H3;1-2H3. The van der Waals surface area contributed by atoms with Crippen LogP contribution in [0.15, 0.2) is 0 Å². The fourth-order valence-corrected chi connectivity index (χ4v) is 2.19. The van der Waals surface area contributed by atoms with Gasteiger partial charge in [-0.15, -0.1) is 0 Å². The van der Waals surface area contributed by atoms with E-state index in [1.54, 1.807) is 0 Å². The Morgan fingerprint density at radius 1 is 1.27 bits per heavy atom. The summed E-state index contributed by atoms with van der Waals surface area (Å²) in [6.07, 6.45) is 1.06. The molecule has 0 rings (SSSR count). The molecule has 0 aromatic carbocycles. The Kier molecular flexibility index (Phi) is 10.5. The van der Waals surface area contributed by atoms with Crippen LogP contribution in [0.2, 0.25) is 0 Å². The fourth-order valence-electron chi connectivity index (χ4n) is 0.728. The maximum Gasteiger partial charge on any atom is 0.0110 e. The number of hydrogen-bond acceptors (Lipinski definition) is 2. The van der Waals surface area contributed by atoms with E-state index in [0.717, 1.165) is 17.9 Å². The zero-order valence-corrected chi connectivity index (χ0v) is 9.29. The van der Waals surface area contributed by atoms with Crippen molar-refractivity contribution in [2.24, 2.45) is 0 Å². The van der Waals surface area contributed by atoms with Gasteiger partial charge < -0.3 is 4.55 Å². The first kappa shape index (κ1) is 13.8. The Balaban J connectivity index is 0. The summed E-state index contributed by atoms with van der Waals surface area (Å²) in [6.45, 7) is 8.10. The van der Waals surface area contributed by atoms with Crippen molar-refractivity contribution in [2.45, 2.75) is 34.1 Å². The van der Waals surface area contributed by atoms with E-state index in [0.29, 0.717) is 0 Å². The second-order valence-corrected chi connectivity index (χ2v) is 5.12. The van der Waals surface area contributed by atoms with E-state index >= 15 is 0 Å². The molecule has 3 heteroatoms. The van der Waals surface area contributed by atoms with E-state index in [4.69, 9.17) is 0 Å². The van der Waals surface area contributed by atoms with Crippen LogP contribution >= 0.6 is 10.5 Å². The first-order valence-electron chi connectivity index (χ1n) is 4.38. The zero-order valence-electron chi connectivity index (χ0n) is 8.48. The number of hydrogen-bond donors (Lipinski definition) is 2. The Bertz CT molecular complexity index is 74.5. The van der Waals surface area contributed by atoms with Gasteiger partial charge >= 0.3 is 0 Å². The van der Waals surface area contributed by atoms with Crippen LogP contribution in [0.1, 0.15) is 34.1 Å². The van der Waals surface area contributed by atoms with Crippen molar-refractivity contribution in [3.8, 4) is 0 Å². The minimum absolute atomic E-state index is 0.858. The van der Waals surface area contributed by atoms with Gasteiger partial charge in [0.1, 0.15) is 0 Å². The first-order valence-corrected chi connectivity index (χ1v) is 6.31. The lowest BCUT2D eigenvalue weighted by Crippen LogP contribution is -2.20. The van der Waals surface area contributed by atoms with Gasteiger partial charge in [0.15, 0.2) is 0 Å². The smallest absolute Gasteiger partial charge is 0.0110 e. The molecule has 0 radical (unpaired) electrons. The van der Waals surface area contributed by atoms with E-state index in [-0.39, 0.29) is 0 Å². The van der Waals surface area contributed by atoms with Gasteiger partial charge in [-0.2, -0.15) is 0 Å². The normalized spacial score (nSPS) is 17.6. The average molecular weight is 181 g/mol. The molecular formula is C8H23NOS. The van der Waals surface area contributed by atoms with E-state index in [1.807, 2.05) is 27.8 Å². The van der Waals surface area contributed by atoms with Gasteiger partial charge in [-0.3, -0.25) is 4.72 Å². The SMILES string of the molecule is CC.CCCS(O)(CC)NC. The van der Waals surface area contributed by atoms with E-state index in [1.165, 1.54) is 0 Å². The molecule has 0 spiro atoms. The molecule has 2 N–H and O–H groups in total. The quantitative estimate of drug-likeness (QED) is 0.699. The van der Waals surface area contributed by atoms with Crippen LogP contribution in [0.3, 0.4) is 0 Å². The lowest BCUT2D eigenvalue weighted by atomic mass is 10.6. The third-order valence-corrected chi connectivity index (χ3v) is 4.20. The highest BCUT2D eigenvalue weighted by Crippen LogP contribution is 2.37. The van der Waals surface area contributed by atoms with Crippen LogP contribution < -0.4 is 4.72 Å². The molecule has 0 bridgehead atoms. The van der Waals surface area contributed by atoms with Gasteiger partial charge in [0.25, 0.3) is 0 Å². The van der Waals surface area contributed by atoms with Crippen molar-refractivity contribution in [1.29, 1.82) is 0 Å². The van der Waals surface area contributed by atoms with E-state index in [9.17, 15) is 4.55 Å². The highest BCUT2D eigenvalue weighted by molar-refractivity contribution is 8.27. The second-order valence-electron chi connectivity index (χ2n) is 2.04.